The molecule has 28 heavy (non-hydrogen) atoms. The SMILES string of the molecule is CO[C@@H]1CN(C(=O)OCC2c3ccccc3-c3ccccc32)CC[C@@H]1C(=O)O. The molecule has 1 N–H and O–H groups in total. The van der Waals surface area contributed by atoms with Gasteiger partial charge in [0.05, 0.1) is 18.6 Å². The molecular formula is C22H23NO5. The normalized spacial score (nSPS) is 21.1. The molecule has 4 rings (SSSR count). The van der Waals surface area contributed by atoms with Crippen LogP contribution in [-0.4, -0.2) is 55.0 Å². The number of nitrogens with zero attached hydrogens (tertiary/aromatic N) is 1. The van der Waals surface area contributed by atoms with Crippen LogP contribution in [0.5, 0.6) is 0 Å². The predicted molar refractivity (Wildman–Crippen MR) is 103 cm³/mol. The van der Waals surface area contributed by atoms with Crippen LogP contribution in [0, 0.1) is 5.92 Å². The quantitative estimate of drug-likeness (QED) is 0.879. The Morgan fingerprint density at radius 2 is 1.68 bits per heavy atom. The maximum Gasteiger partial charge on any atom is 0.409 e. The van der Waals surface area contributed by atoms with Crippen LogP contribution in [0.1, 0.15) is 23.5 Å². The summed E-state index contributed by atoms with van der Waals surface area (Å²) in [4.78, 5) is 25.5. The minimum atomic E-state index is -0.890. The summed E-state index contributed by atoms with van der Waals surface area (Å²) in [6.07, 6.45) is -0.586. The van der Waals surface area contributed by atoms with Gasteiger partial charge in [0.15, 0.2) is 0 Å². The molecule has 0 bridgehead atoms. The fourth-order valence-corrected chi connectivity index (χ4v) is 4.29. The number of methoxy groups -OCH3 is 1. The minimum Gasteiger partial charge on any atom is -0.481 e. The zero-order valence-electron chi connectivity index (χ0n) is 15.7. The van der Waals surface area contributed by atoms with Crippen molar-refractivity contribution in [3.8, 4) is 11.1 Å². The van der Waals surface area contributed by atoms with E-state index in [-0.39, 0.29) is 19.1 Å². The highest BCUT2D eigenvalue weighted by Gasteiger charge is 2.37. The molecule has 2 aliphatic rings. The molecule has 0 radical (unpaired) electrons. The Bertz CT molecular complexity index is 851. The fraction of sp³-hybridized carbons (Fsp3) is 0.364. The van der Waals surface area contributed by atoms with Gasteiger partial charge in [0.25, 0.3) is 0 Å². The van der Waals surface area contributed by atoms with Crippen molar-refractivity contribution < 1.29 is 24.2 Å². The number of carbonyl (C=O) groups excluding carboxylic acids is 1. The highest BCUT2D eigenvalue weighted by molar-refractivity contribution is 5.79. The summed E-state index contributed by atoms with van der Waals surface area (Å²) in [5, 5.41) is 9.28. The third-order valence-electron chi connectivity index (χ3n) is 5.77. The van der Waals surface area contributed by atoms with Crippen molar-refractivity contribution in [3.05, 3.63) is 59.7 Å². The van der Waals surface area contributed by atoms with Gasteiger partial charge in [-0.15, -0.1) is 0 Å². The topological polar surface area (TPSA) is 76.1 Å². The average Bonchev–Trinajstić information content (AvgIpc) is 3.05. The molecule has 2 aromatic rings. The summed E-state index contributed by atoms with van der Waals surface area (Å²) in [6, 6.07) is 16.4. The van der Waals surface area contributed by atoms with Gasteiger partial charge in [0, 0.05) is 19.6 Å². The molecule has 6 heteroatoms. The van der Waals surface area contributed by atoms with Gasteiger partial charge >= 0.3 is 12.1 Å². The number of benzene rings is 2. The predicted octanol–water partition coefficient (Wildman–Crippen LogP) is 3.36. The van der Waals surface area contributed by atoms with Gasteiger partial charge in [0.1, 0.15) is 6.61 Å². The Balaban J connectivity index is 1.45. The summed E-state index contributed by atoms with van der Waals surface area (Å²) >= 11 is 0. The van der Waals surface area contributed by atoms with Gasteiger partial charge in [-0.1, -0.05) is 48.5 Å². The van der Waals surface area contributed by atoms with Crippen molar-refractivity contribution in [2.75, 3.05) is 26.8 Å². The van der Waals surface area contributed by atoms with Crippen LogP contribution in [0.15, 0.2) is 48.5 Å². The number of carboxylic acids is 1. The number of hydrogen-bond donors (Lipinski definition) is 1. The van der Waals surface area contributed by atoms with E-state index >= 15 is 0 Å². The third-order valence-corrected chi connectivity index (χ3v) is 5.77. The first-order chi connectivity index (χ1) is 13.6. The number of fused-ring (bicyclic) bond motifs is 3. The molecule has 1 amide bonds. The second kappa shape index (κ2) is 7.64. The summed E-state index contributed by atoms with van der Waals surface area (Å²) < 4.78 is 10.9. The molecule has 6 nitrogen and oxygen atoms in total. The summed E-state index contributed by atoms with van der Waals surface area (Å²) in [5.41, 5.74) is 4.69. The van der Waals surface area contributed by atoms with Crippen molar-refractivity contribution in [2.45, 2.75) is 18.4 Å². The maximum absolute atomic E-state index is 12.6. The molecule has 1 fully saturated rings. The largest absolute Gasteiger partial charge is 0.481 e. The zero-order valence-corrected chi connectivity index (χ0v) is 15.7. The van der Waals surface area contributed by atoms with E-state index < -0.39 is 24.1 Å². The molecule has 1 aliphatic carbocycles. The van der Waals surface area contributed by atoms with Crippen LogP contribution in [0.3, 0.4) is 0 Å². The zero-order chi connectivity index (χ0) is 19.7. The molecule has 1 aliphatic heterocycles. The molecular weight excluding hydrogens is 358 g/mol. The number of aliphatic carboxylic acids is 1. The van der Waals surface area contributed by atoms with E-state index in [1.165, 1.54) is 18.2 Å². The number of amides is 1. The smallest absolute Gasteiger partial charge is 0.409 e. The highest BCUT2D eigenvalue weighted by atomic mass is 16.6. The minimum absolute atomic E-state index is 0.00568. The van der Waals surface area contributed by atoms with Crippen LogP contribution in [0.4, 0.5) is 4.79 Å². The van der Waals surface area contributed by atoms with E-state index in [1.54, 1.807) is 4.90 Å². The van der Waals surface area contributed by atoms with E-state index in [9.17, 15) is 14.7 Å². The van der Waals surface area contributed by atoms with Crippen LogP contribution < -0.4 is 0 Å². The van der Waals surface area contributed by atoms with Gasteiger partial charge in [0.2, 0.25) is 0 Å². The number of ether oxygens (including phenoxy) is 2. The molecule has 0 saturated carbocycles. The van der Waals surface area contributed by atoms with Crippen LogP contribution in [-0.2, 0) is 14.3 Å². The number of rotatable bonds is 4. The van der Waals surface area contributed by atoms with Crippen LogP contribution in [0.25, 0.3) is 11.1 Å². The molecule has 2 atom stereocenters. The lowest BCUT2D eigenvalue weighted by atomic mass is 9.94. The van der Waals surface area contributed by atoms with Gasteiger partial charge in [-0.05, 0) is 28.7 Å². The van der Waals surface area contributed by atoms with E-state index in [0.717, 1.165) is 11.1 Å². The maximum atomic E-state index is 12.6. The molecule has 0 spiro atoms. The van der Waals surface area contributed by atoms with Gasteiger partial charge < -0.3 is 19.5 Å². The van der Waals surface area contributed by atoms with Crippen LogP contribution >= 0.6 is 0 Å². The van der Waals surface area contributed by atoms with Gasteiger partial charge in [-0.25, -0.2) is 4.79 Å². The van der Waals surface area contributed by atoms with Gasteiger partial charge in [-0.3, -0.25) is 4.79 Å². The molecule has 0 unspecified atom stereocenters. The second-order valence-electron chi connectivity index (χ2n) is 7.26. The Morgan fingerprint density at radius 1 is 1.07 bits per heavy atom. The Morgan fingerprint density at radius 3 is 2.25 bits per heavy atom. The average molecular weight is 381 g/mol. The Kier molecular flexibility index (Phi) is 5.05. The summed E-state index contributed by atoms with van der Waals surface area (Å²) in [5.74, 6) is -1.48. The Hall–Kier alpha value is -2.86. The van der Waals surface area contributed by atoms with E-state index in [1.807, 2.05) is 24.3 Å². The van der Waals surface area contributed by atoms with Crippen molar-refractivity contribution in [1.82, 2.24) is 4.90 Å². The third kappa shape index (κ3) is 3.24. The fourth-order valence-electron chi connectivity index (χ4n) is 4.29. The lowest BCUT2D eigenvalue weighted by Crippen LogP contribution is -2.49. The number of carbonyl (C=O) groups is 2. The Labute approximate surface area is 163 Å². The number of piperidine rings is 1. The highest BCUT2D eigenvalue weighted by Crippen LogP contribution is 2.44. The molecule has 146 valence electrons. The molecule has 1 saturated heterocycles. The number of likely N-dealkylation sites (tertiary alicyclic amines) is 1. The lowest BCUT2D eigenvalue weighted by molar-refractivity contribution is -0.149. The summed E-state index contributed by atoms with van der Waals surface area (Å²) in [6.45, 7) is 0.834. The van der Waals surface area contributed by atoms with Crippen LogP contribution in [0.2, 0.25) is 0 Å². The van der Waals surface area contributed by atoms with Gasteiger partial charge in [-0.2, -0.15) is 0 Å². The summed E-state index contributed by atoms with van der Waals surface area (Å²) in [7, 11) is 1.47. The standard InChI is InChI=1S/C22H23NO5/c1-27-20-12-23(11-10-18(20)21(24)25)22(26)28-13-19-16-8-4-2-6-14(16)15-7-3-5-9-17(15)19/h2-9,18-20H,10-13H2,1H3,(H,24,25)/t18-,20+/m0/s1. The monoisotopic (exact) mass is 381 g/mol. The number of hydrogen-bond acceptors (Lipinski definition) is 4. The van der Waals surface area contributed by atoms with Crippen molar-refractivity contribution in [2.24, 2.45) is 5.92 Å². The van der Waals surface area contributed by atoms with E-state index in [2.05, 4.69) is 24.3 Å². The first-order valence-electron chi connectivity index (χ1n) is 9.45. The molecule has 1 heterocycles. The number of carboxylic acid groups (broad SMARTS) is 1. The van der Waals surface area contributed by atoms with E-state index in [4.69, 9.17) is 9.47 Å². The lowest BCUT2D eigenvalue weighted by Gasteiger charge is -2.35. The second-order valence-corrected chi connectivity index (χ2v) is 7.26. The molecule has 2 aromatic carbocycles. The van der Waals surface area contributed by atoms with Crippen molar-refractivity contribution in [1.29, 1.82) is 0 Å². The molecule has 0 aromatic heterocycles. The first-order valence-corrected chi connectivity index (χ1v) is 9.45. The van der Waals surface area contributed by atoms with E-state index in [0.29, 0.717) is 13.0 Å². The van der Waals surface area contributed by atoms with Crippen molar-refractivity contribution in [3.63, 3.8) is 0 Å². The first kappa shape index (κ1) is 18.5. The van der Waals surface area contributed by atoms with Crippen molar-refractivity contribution >= 4 is 12.1 Å².